The number of halogens is 2. The maximum Gasteiger partial charge on any atom is 0.0269 e. The average Bonchev–Trinajstić information content (AvgIpc) is 1.63. The third-order valence-electron chi connectivity index (χ3n) is 0.634. The van der Waals surface area contributed by atoms with Crippen LogP contribution in [-0.2, 0) is 0 Å². The number of nitrogens with one attached hydrogen (secondary N) is 1. The van der Waals surface area contributed by atoms with Gasteiger partial charge < -0.3 is 5.32 Å². The fourth-order valence-electron chi connectivity index (χ4n) is 0.334. The molecule has 0 unspecified atom stereocenters. The van der Waals surface area contributed by atoms with Crippen LogP contribution in [0.15, 0.2) is 22.1 Å². The van der Waals surface area contributed by atoms with Gasteiger partial charge in [0.05, 0.1) is 0 Å². The second-order valence-corrected chi connectivity index (χ2v) is 3.88. The van der Waals surface area contributed by atoms with Gasteiger partial charge in [0.25, 0.3) is 0 Å². The van der Waals surface area contributed by atoms with E-state index in [-0.39, 0.29) is 0 Å². The van der Waals surface area contributed by atoms with E-state index in [1.807, 2.05) is 0 Å². The van der Waals surface area contributed by atoms with Gasteiger partial charge >= 0.3 is 0 Å². The highest BCUT2D eigenvalue weighted by Gasteiger charge is 1.87. The van der Waals surface area contributed by atoms with Crippen molar-refractivity contribution < 1.29 is 0 Å². The predicted octanol–water partition coefficient (Wildman–Crippen LogP) is 2.39. The van der Waals surface area contributed by atoms with E-state index in [1.54, 1.807) is 0 Å². The van der Waals surface area contributed by atoms with Crippen LogP contribution in [0.5, 0.6) is 0 Å². The fourth-order valence-corrected chi connectivity index (χ4v) is 0.730. The molecule has 3 heteroatoms. The molecule has 0 saturated carbocycles. The molecule has 0 aromatic carbocycles. The number of hydrogen-bond donors (Lipinski definition) is 1. The molecule has 9 heavy (non-hydrogen) atoms. The van der Waals surface area contributed by atoms with Gasteiger partial charge in [0.2, 0.25) is 0 Å². The summed E-state index contributed by atoms with van der Waals surface area (Å²) in [5, 5.41) is 3.09. The fraction of sp³-hybridized carbons (Fsp3) is 0.333. The summed E-state index contributed by atoms with van der Waals surface area (Å²) in [7, 11) is 0. The van der Waals surface area contributed by atoms with Gasteiger partial charge in [0, 0.05) is 22.1 Å². The summed E-state index contributed by atoms with van der Waals surface area (Å²) in [4.78, 5) is 0. The highest BCUT2D eigenvalue weighted by Crippen LogP contribution is 2.00. The smallest absolute Gasteiger partial charge is 0.0269 e. The summed E-state index contributed by atoms with van der Waals surface area (Å²) < 4.78 is 1.91. The number of hydrogen-bond acceptors (Lipinski definition) is 1. The molecule has 0 aliphatic rings. The van der Waals surface area contributed by atoms with Crippen molar-refractivity contribution in [3.8, 4) is 0 Å². The van der Waals surface area contributed by atoms with E-state index in [1.165, 1.54) is 0 Å². The second-order valence-electron chi connectivity index (χ2n) is 1.64. The Balaban J connectivity index is 3.10. The summed E-state index contributed by atoms with van der Waals surface area (Å²) in [6.07, 6.45) is 0. The Hall–Kier alpha value is 0.400. The lowest BCUT2D eigenvalue weighted by Gasteiger charge is -1.99. The lowest BCUT2D eigenvalue weighted by molar-refractivity contribution is 0.836. The first-order chi connectivity index (χ1) is 4.13. The molecule has 52 valence electrons. The molecule has 0 fully saturated rings. The van der Waals surface area contributed by atoms with Gasteiger partial charge in [-0.25, -0.2) is 0 Å². The molecule has 0 radical (unpaired) electrons. The van der Waals surface area contributed by atoms with Gasteiger partial charge in [-0.05, 0) is 0 Å². The van der Waals surface area contributed by atoms with E-state index in [0.717, 1.165) is 22.1 Å². The lowest BCUT2D eigenvalue weighted by Crippen LogP contribution is -2.15. The molecule has 0 saturated heterocycles. The van der Waals surface area contributed by atoms with Gasteiger partial charge in [-0.1, -0.05) is 45.0 Å². The van der Waals surface area contributed by atoms with Crippen molar-refractivity contribution in [2.24, 2.45) is 0 Å². The Morgan fingerprint density at radius 1 is 1.11 bits per heavy atom. The van der Waals surface area contributed by atoms with Gasteiger partial charge in [0.15, 0.2) is 0 Å². The van der Waals surface area contributed by atoms with Crippen LogP contribution in [0.2, 0.25) is 0 Å². The predicted molar refractivity (Wildman–Crippen MR) is 49.0 cm³/mol. The Bertz CT molecular complexity index is 106. The van der Waals surface area contributed by atoms with Crippen molar-refractivity contribution in [3.05, 3.63) is 22.1 Å². The van der Waals surface area contributed by atoms with Crippen molar-refractivity contribution in [1.29, 1.82) is 0 Å². The molecule has 0 aliphatic heterocycles. The van der Waals surface area contributed by atoms with Crippen LogP contribution in [-0.4, -0.2) is 13.1 Å². The Morgan fingerprint density at radius 3 is 1.67 bits per heavy atom. The van der Waals surface area contributed by atoms with Crippen LogP contribution in [0.25, 0.3) is 0 Å². The van der Waals surface area contributed by atoms with Gasteiger partial charge in [-0.3, -0.25) is 0 Å². The van der Waals surface area contributed by atoms with Gasteiger partial charge in [-0.2, -0.15) is 0 Å². The van der Waals surface area contributed by atoms with Crippen LogP contribution in [0.3, 0.4) is 0 Å². The minimum absolute atomic E-state index is 0.782. The molecule has 1 N–H and O–H groups in total. The van der Waals surface area contributed by atoms with Crippen LogP contribution in [0.4, 0.5) is 0 Å². The van der Waals surface area contributed by atoms with Crippen molar-refractivity contribution in [2.75, 3.05) is 13.1 Å². The van der Waals surface area contributed by atoms with E-state index in [2.05, 4.69) is 50.3 Å². The van der Waals surface area contributed by atoms with E-state index >= 15 is 0 Å². The first-order valence-corrected chi connectivity index (χ1v) is 4.09. The van der Waals surface area contributed by atoms with Gasteiger partial charge in [-0.15, -0.1) is 0 Å². The molecule has 0 aliphatic carbocycles. The maximum absolute atomic E-state index is 3.66. The Morgan fingerprint density at radius 2 is 1.44 bits per heavy atom. The minimum atomic E-state index is 0.782. The molecule has 0 amide bonds. The van der Waals surface area contributed by atoms with E-state index in [9.17, 15) is 0 Å². The third-order valence-corrected chi connectivity index (χ3v) is 1.19. The first kappa shape index (κ1) is 9.40. The average molecular weight is 255 g/mol. The molecule has 0 spiro atoms. The molecule has 1 nitrogen and oxygen atoms in total. The highest BCUT2D eigenvalue weighted by molar-refractivity contribution is 9.12. The molecule has 0 aromatic rings. The summed E-state index contributed by atoms with van der Waals surface area (Å²) in [6, 6.07) is 0. The van der Waals surface area contributed by atoms with E-state index < -0.39 is 0 Å². The minimum Gasteiger partial charge on any atom is -0.308 e. The summed E-state index contributed by atoms with van der Waals surface area (Å²) in [5.74, 6) is 0. The monoisotopic (exact) mass is 253 g/mol. The zero-order valence-corrected chi connectivity index (χ0v) is 8.26. The maximum atomic E-state index is 3.66. The Labute approximate surface area is 72.5 Å². The standard InChI is InChI=1S/C6H9Br2N/c1-5(7)3-9-4-6(2)8/h9H,1-4H2. The third kappa shape index (κ3) is 8.40. The molecular formula is C6H9Br2N. The van der Waals surface area contributed by atoms with Crippen molar-refractivity contribution in [2.45, 2.75) is 0 Å². The van der Waals surface area contributed by atoms with Crippen LogP contribution in [0.1, 0.15) is 0 Å². The summed E-state index contributed by atoms with van der Waals surface area (Å²) in [6.45, 7) is 8.89. The van der Waals surface area contributed by atoms with Crippen molar-refractivity contribution in [1.82, 2.24) is 5.32 Å². The van der Waals surface area contributed by atoms with Crippen LogP contribution in [0, 0.1) is 0 Å². The first-order valence-electron chi connectivity index (χ1n) is 2.50. The molecular weight excluding hydrogens is 246 g/mol. The lowest BCUT2D eigenvalue weighted by atomic mass is 10.5. The molecule has 0 rings (SSSR count). The van der Waals surface area contributed by atoms with Crippen LogP contribution < -0.4 is 5.32 Å². The summed E-state index contributed by atoms with van der Waals surface area (Å²) in [5.41, 5.74) is 0. The molecule has 0 bridgehead atoms. The van der Waals surface area contributed by atoms with E-state index in [0.29, 0.717) is 0 Å². The SMILES string of the molecule is C=C(Br)CNCC(=C)Br. The second kappa shape index (κ2) is 5.21. The molecule has 0 atom stereocenters. The zero-order valence-electron chi connectivity index (χ0n) is 5.08. The normalized spacial score (nSPS) is 9.11. The Kier molecular flexibility index (Phi) is 5.44. The number of rotatable bonds is 4. The quantitative estimate of drug-likeness (QED) is 0.813. The van der Waals surface area contributed by atoms with Crippen molar-refractivity contribution >= 4 is 31.9 Å². The van der Waals surface area contributed by atoms with Crippen LogP contribution >= 0.6 is 31.9 Å². The van der Waals surface area contributed by atoms with Gasteiger partial charge in [0.1, 0.15) is 0 Å². The topological polar surface area (TPSA) is 12.0 Å². The zero-order chi connectivity index (χ0) is 7.28. The largest absolute Gasteiger partial charge is 0.308 e. The molecule has 0 heterocycles. The highest BCUT2D eigenvalue weighted by atomic mass is 79.9. The summed E-state index contributed by atoms with van der Waals surface area (Å²) >= 11 is 6.45. The van der Waals surface area contributed by atoms with E-state index in [4.69, 9.17) is 0 Å². The van der Waals surface area contributed by atoms with Crippen molar-refractivity contribution in [3.63, 3.8) is 0 Å². The molecule has 0 aromatic heterocycles.